The molecule has 2 amide bonds. The smallest absolute Gasteiger partial charge is 0.251 e. The van der Waals surface area contributed by atoms with Crippen molar-refractivity contribution in [1.29, 1.82) is 0 Å². The molecule has 0 radical (unpaired) electrons. The molecule has 22 heavy (non-hydrogen) atoms. The number of hydrogen-bond acceptors (Lipinski definition) is 2. The third kappa shape index (κ3) is 4.09. The fourth-order valence-electron chi connectivity index (χ4n) is 2.05. The van der Waals surface area contributed by atoms with Crippen LogP contribution in [0.25, 0.3) is 0 Å². The molecule has 0 heterocycles. The van der Waals surface area contributed by atoms with Gasteiger partial charge in [-0.3, -0.25) is 9.59 Å². The average molecular weight is 317 g/mol. The Bertz CT molecular complexity index is 686. The van der Waals surface area contributed by atoms with Crippen LogP contribution < -0.4 is 11.1 Å². The molecule has 2 aromatic rings. The molecule has 0 unspecified atom stereocenters. The third-order valence-corrected chi connectivity index (χ3v) is 3.77. The summed E-state index contributed by atoms with van der Waals surface area (Å²) in [6.07, 6.45) is 0.349. The van der Waals surface area contributed by atoms with E-state index in [-0.39, 0.29) is 5.91 Å². The number of aryl methyl sites for hydroxylation is 1. The van der Waals surface area contributed by atoms with Gasteiger partial charge in [0.05, 0.1) is 0 Å². The first-order chi connectivity index (χ1) is 10.5. The second kappa shape index (κ2) is 7.09. The number of nitrogens with one attached hydrogen (secondary N) is 1. The minimum atomic E-state index is -0.769. The van der Waals surface area contributed by atoms with Gasteiger partial charge in [0.2, 0.25) is 5.91 Å². The topological polar surface area (TPSA) is 72.2 Å². The Morgan fingerprint density at radius 2 is 1.86 bits per heavy atom. The summed E-state index contributed by atoms with van der Waals surface area (Å²) in [5.74, 6) is -0.947. The molecule has 0 aliphatic carbocycles. The maximum atomic E-state index is 12.2. The second-order valence-corrected chi connectivity index (χ2v) is 5.49. The van der Waals surface area contributed by atoms with Crippen LogP contribution in [0.5, 0.6) is 0 Å². The molecule has 0 aliphatic rings. The molecule has 0 aromatic heterocycles. The highest BCUT2D eigenvalue weighted by molar-refractivity contribution is 6.31. The highest BCUT2D eigenvalue weighted by Crippen LogP contribution is 2.16. The number of hydrogen-bond donors (Lipinski definition) is 2. The minimum Gasteiger partial charge on any atom is -0.368 e. The van der Waals surface area contributed by atoms with E-state index in [9.17, 15) is 9.59 Å². The van der Waals surface area contributed by atoms with Gasteiger partial charge in [-0.05, 0) is 30.2 Å². The van der Waals surface area contributed by atoms with Crippen molar-refractivity contribution in [3.05, 3.63) is 70.2 Å². The standard InChI is InChI=1S/C17H17ClN2O2/c1-11-7-8-13(10-14(11)18)17(22)20-15(16(19)21)9-12-5-3-2-4-6-12/h2-8,10,15H,9H2,1H3,(H2,19,21)(H,20,22)/t15-/m0/s1. The van der Waals surface area contributed by atoms with E-state index in [0.717, 1.165) is 11.1 Å². The van der Waals surface area contributed by atoms with E-state index < -0.39 is 11.9 Å². The average Bonchev–Trinajstić information content (AvgIpc) is 2.50. The van der Waals surface area contributed by atoms with Crippen molar-refractivity contribution < 1.29 is 9.59 Å². The van der Waals surface area contributed by atoms with Gasteiger partial charge < -0.3 is 11.1 Å². The van der Waals surface area contributed by atoms with Crippen LogP contribution in [0.1, 0.15) is 21.5 Å². The Labute approximate surface area is 134 Å². The summed E-state index contributed by atoms with van der Waals surface area (Å²) in [5, 5.41) is 3.16. The molecule has 5 heteroatoms. The molecular weight excluding hydrogens is 300 g/mol. The molecule has 0 aliphatic heterocycles. The highest BCUT2D eigenvalue weighted by Gasteiger charge is 2.19. The van der Waals surface area contributed by atoms with Gasteiger partial charge in [-0.15, -0.1) is 0 Å². The molecule has 4 nitrogen and oxygen atoms in total. The zero-order valence-corrected chi connectivity index (χ0v) is 12.9. The van der Waals surface area contributed by atoms with Crippen LogP contribution in [-0.4, -0.2) is 17.9 Å². The monoisotopic (exact) mass is 316 g/mol. The van der Waals surface area contributed by atoms with Crippen molar-refractivity contribution in [1.82, 2.24) is 5.32 Å². The minimum absolute atomic E-state index is 0.349. The lowest BCUT2D eigenvalue weighted by atomic mass is 10.0. The van der Waals surface area contributed by atoms with E-state index in [1.54, 1.807) is 18.2 Å². The molecule has 0 saturated carbocycles. The maximum Gasteiger partial charge on any atom is 0.251 e. The molecule has 0 bridgehead atoms. The second-order valence-electron chi connectivity index (χ2n) is 5.08. The maximum absolute atomic E-state index is 12.2. The number of primary amides is 1. The zero-order chi connectivity index (χ0) is 16.1. The van der Waals surface area contributed by atoms with Crippen molar-refractivity contribution >= 4 is 23.4 Å². The lowest BCUT2D eigenvalue weighted by Gasteiger charge is -2.16. The first-order valence-corrected chi connectivity index (χ1v) is 7.25. The molecule has 1 atom stereocenters. The van der Waals surface area contributed by atoms with E-state index in [1.807, 2.05) is 37.3 Å². The molecule has 0 fully saturated rings. The van der Waals surface area contributed by atoms with Crippen LogP contribution in [0.15, 0.2) is 48.5 Å². The Balaban J connectivity index is 2.12. The van der Waals surface area contributed by atoms with E-state index in [4.69, 9.17) is 17.3 Å². The number of nitrogens with two attached hydrogens (primary N) is 1. The fraction of sp³-hybridized carbons (Fsp3) is 0.176. The summed E-state index contributed by atoms with van der Waals surface area (Å²) in [7, 11) is 0. The summed E-state index contributed by atoms with van der Waals surface area (Å²) >= 11 is 6.02. The van der Waals surface area contributed by atoms with Crippen LogP contribution in [0.3, 0.4) is 0 Å². The van der Waals surface area contributed by atoms with Crippen molar-refractivity contribution in [2.75, 3.05) is 0 Å². The van der Waals surface area contributed by atoms with Crippen molar-refractivity contribution in [3.8, 4) is 0 Å². The summed E-state index contributed by atoms with van der Waals surface area (Å²) in [4.78, 5) is 23.8. The van der Waals surface area contributed by atoms with Crippen LogP contribution in [-0.2, 0) is 11.2 Å². The summed E-state index contributed by atoms with van der Waals surface area (Å²) in [6, 6.07) is 13.6. The van der Waals surface area contributed by atoms with Crippen molar-refractivity contribution in [2.45, 2.75) is 19.4 Å². The summed E-state index contributed by atoms with van der Waals surface area (Å²) < 4.78 is 0. The van der Waals surface area contributed by atoms with Crippen LogP contribution in [0, 0.1) is 6.92 Å². The van der Waals surface area contributed by atoms with Gasteiger partial charge in [-0.1, -0.05) is 48.0 Å². The van der Waals surface area contributed by atoms with Gasteiger partial charge in [0, 0.05) is 17.0 Å². The number of carbonyl (C=O) groups is 2. The highest BCUT2D eigenvalue weighted by atomic mass is 35.5. The Morgan fingerprint density at radius 3 is 2.45 bits per heavy atom. The molecule has 3 N–H and O–H groups in total. The fourth-order valence-corrected chi connectivity index (χ4v) is 2.23. The Hall–Kier alpha value is -2.33. The quantitative estimate of drug-likeness (QED) is 0.889. The van der Waals surface area contributed by atoms with Crippen molar-refractivity contribution in [3.63, 3.8) is 0 Å². The Morgan fingerprint density at radius 1 is 1.18 bits per heavy atom. The SMILES string of the molecule is Cc1ccc(C(=O)N[C@@H](Cc2ccccc2)C(N)=O)cc1Cl. The summed E-state index contributed by atoms with van der Waals surface area (Å²) in [6.45, 7) is 1.85. The third-order valence-electron chi connectivity index (χ3n) is 3.37. The van der Waals surface area contributed by atoms with Gasteiger partial charge in [-0.2, -0.15) is 0 Å². The Kier molecular flexibility index (Phi) is 5.17. The lowest BCUT2D eigenvalue weighted by Crippen LogP contribution is -2.45. The molecule has 0 saturated heterocycles. The van der Waals surface area contributed by atoms with E-state index in [2.05, 4.69) is 5.32 Å². The zero-order valence-electron chi connectivity index (χ0n) is 12.2. The molecule has 2 rings (SSSR count). The first-order valence-electron chi connectivity index (χ1n) is 6.87. The molecule has 114 valence electrons. The first kappa shape index (κ1) is 16.0. The van der Waals surface area contributed by atoms with E-state index >= 15 is 0 Å². The van der Waals surface area contributed by atoms with E-state index in [0.29, 0.717) is 17.0 Å². The van der Waals surface area contributed by atoms with Crippen molar-refractivity contribution in [2.24, 2.45) is 5.73 Å². The number of amides is 2. The van der Waals surface area contributed by atoms with E-state index in [1.165, 1.54) is 0 Å². The largest absolute Gasteiger partial charge is 0.368 e. The van der Waals surface area contributed by atoms with Gasteiger partial charge in [0.25, 0.3) is 5.91 Å². The predicted molar refractivity (Wildman–Crippen MR) is 86.8 cm³/mol. The normalized spacial score (nSPS) is 11.7. The molecule has 2 aromatic carbocycles. The van der Waals surface area contributed by atoms with Gasteiger partial charge in [-0.25, -0.2) is 0 Å². The lowest BCUT2D eigenvalue weighted by molar-refractivity contribution is -0.119. The number of rotatable bonds is 5. The number of carbonyl (C=O) groups excluding carboxylic acids is 2. The molecular formula is C17H17ClN2O2. The summed E-state index contributed by atoms with van der Waals surface area (Å²) in [5.41, 5.74) is 7.59. The van der Waals surface area contributed by atoms with Crippen LogP contribution >= 0.6 is 11.6 Å². The molecule has 0 spiro atoms. The van der Waals surface area contributed by atoms with Gasteiger partial charge in [0.15, 0.2) is 0 Å². The van der Waals surface area contributed by atoms with Crippen LogP contribution in [0.4, 0.5) is 0 Å². The number of benzene rings is 2. The van der Waals surface area contributed by atoms with Crippen LogP contribution in [0.2, 0.25) is 5.02 Å². The van der Waals surface area contributed by atoms with Gasteiger partial charge >= 0.3 is 0 Å². The predicted octanol–water partition coefficient (Wildman–Crippen LogP) is 2.47. The van der Waals surface area contributed by atoms with Gasteiger partial charge in [0.1, 0.15) is 6.04 Å². The number of halogens is 1.